The third-order valence-corrected chi connectivity index (χ3v) is 4.94. The van der Waals surface area contributed by atoms with Crippen molar-refractivity contribution in [1.29, 1.82) is 0 Å². The molecule has 0 aromatic carbocycles. The van der Waals surface area contributed by atoms with Gasteiger partial charge in [0, 0.05) is 44.1 Å². The van der Waals surface area contributed by atoms with E-state index < -0.39 is 0 Å². The van der Waals surface area contributed by atoms with Crippen LogP contribution in [0.15, 0.2) is 67.3 Å². The van der Waals surface area contributed by atoms with E-state index in [1.165, 1.54) is 11.3 Å². The molecule has 0 unspecified atom stereocenters. The molecule has 1 N–H and O–H groups in total. The van der Waals surface area contributed by atoms with Crippen LogP contribution in [0.5, 0.6) is 0 Å². The molecule has 3 aromatic heterocycles. The third kappa shape index (κ3) is 3.00. The zero-order chi connectivity index (χ0) is 17.2. The monoisotopic (exact) mass is 349 g/mol. The fourth-order valence-corrected chi connectivity index (χ4v) is 3.67. The second kappa shape index (κ2) is 6.64. The molecule has 0 spiro atoms. The normalized spacial score (nSPS) is 19.9. The van der Waals surface area contributed by atoms with Crippen LogP contribution in [0.2, 0.25) is 0 Å². The number of nitrogens with zero attached hydrogens (tertiary/aromatic N) is 4. The van der Waals surface area contributed by atoms with Crippen LogP contribution in [0.3, 0.4) is 0 Å². The van der Waals surface area contributed by atoms with Gasteiger partial charge in [0.1, 0.15) is 0 Å². The van der Waals surface area contributed by atoms with Gasteiger partial charge in [0.05, 0.1) is 17.8 Å². The van der Waals surface area contributed by atoms with Crippen molar-refractivity contribution in [2.24, 2.45) is 7.05 Å². The third-order valence-electron chi connectivity index (χ3n) is 4.59. The Bertz CT molecular complexity index is 862. The van der Waals surface area contributed by atoms with Crippen molar-refractivity contribution in [2.75, 3.05) is 0 Å². The fraction of sp³-hybridized carbons (Fsp3) is 0.211. The molecule has 0 radical (unpaired) electrons. The molecule has 6 heteroatoms. The number of hydrogen-bond acceptors (Lipinski definition) is 3. The summed E-state index contributed by atoms with van der Waals surface area (Å²) in [5.41, 5.74) is 3.38. The largest absolute Gasteiger partial charge is 0.353 e. The molecule has 1 aliphatic rings. The van der Waals surface area contributed by atoms with E-state index >= 15 is 0 Å². The van der Waals surface area contributed by atoms with E-state index in [0.717, 1.165) is 17.4 Å². The number of aromatic nitrogens is 3. The van der Waals surface area contributed by atoms with Crippen molar-refractivity contribution in [3.05, 3.63) is 84.2 Å². The van der Waals surface area contributed by atoms with Crippen molar-refractivity contribution in [3.8, 4) is 0 Å². The van der Waals surface area contributed by atoms with Crippen LogP contribution in [0.4, 0.5) is 0 Å². The Labute approximate surface area is 152 Å². The lowest BCUT2D eigenvalue weighted by molar-refractivity contribution is 0.299. The van der Waals surface area contributed by atoms with Gasteiger partial charge in [0.15, 0.2) is 5.11 Å². The second-order valence-electron chi connectivity index (χ2n) is 6.15. The van der Waals surface area contributed by atoms with Crippen LogP contribution in [0.1, 0.15) is 29.0 Å². The number of aryl methyl sites for hydroxylation is 1. The van der Waals surface area contributed by atoms with Crippen LogP contribution in [0, 0.1) is 0 Å². The van der Waals surface area contributed by atoms with Crippen LogP contribution in [-0.2, 0) is 13.6 Å². The maximum atomic E-state index is 5.67. The first-order valence-electron chi connectivity index (χ1n) is 8.22. The van der Waals surface area contributed by atoms with Gasteiger partial charge in [-0.25, -0.2) is 0 Å². The molecule has 5 nitrogen and oxygen atoms in total. The molecule has 4 rings (SSSR count). The Morgan fingerprint density at radius 2 is 1.92 bits per heavy atom. The molecule has 3 aromatic rings. The maximum absolute atomic E-state index is 5.67. The number of nitrogens with one attached hydrogen (secondary N) is 1. The lowest BCUT2D eigenvalue weighted by atomic mass is 10.0. The average Bonchev–Trinajstić information content (AvgIpc) is 3.20. The van der Waals surface area contributed by atoms with E-state index in [-0.39, 0.29) is 12.1 Å². The summed E-state index contributed by atoms with van der Waals surface area (Å²) in [6.07, 6.45) is 7.52. The molecule has 25 heavy (non-hydrogen) atoms. The van der Waals surface area contributed by atoms with Gasteiger partial charge in [0.25, 0.3) is 0 Å². The summed E-state index contributed by atoms with van der Waals surface area (Å²) in [6.45, 7) is 0.730. The summed E-state index contributed by atoms with van der Waals surface area (Å²) in [5, 5.41) is 4.22. The van der Waals surface area contributed by atoms with E-state index in [9.17, 15) is 0 Å². The van der Waals surface area contributed by atoms with Gasteiger partial charge in [-0.3, -0.25) is 9.97 Å². The van der Waals surface area contributed by atoms with Crippen LogP contribution < -0.4 is 5.32 Å². The molecule has 2 atom stereocenters. The van der Waals surface area contributed by atoms with Crippen molar-refractivity contribution in [2.45, 2.75) is 18.6 Å². The highest BCUT2D eigenvalue weighted by molar-refractivity contribution is 7.80. The Morgan fingerprint density at radius 3 is 2.60 bits per heavy atom. The fourth-order valence-electron chi connectivity index (χ4n) is 3.36. The minimum Gasteiger partial charge on any atom is -0.353 e. The number of thiocarbonyl (C=S) groups is 1. The van der Waals surface area contributed by atoms with Crippen molar-refractivity contribution in [3.63, 3.8) is 0 Å². The Balaban J connectivity index is 1.74. The molecule has 0 aliphatic carbocycles. The quantitative estimate of drug-likeness (QED) is 0.734. The van der Waals surface area contributed by atoms with E-state index in [1.54, 1.807) is 0 Å². The standard InChI is InChI=1S/C19H19N5S/c1-23-12-4-6-16(23)18-17(15-5-2-3-9-21-15)22-19(25)24(18)13-14-7-10-20-11-8-14/h2-12,17-18H,13H2,1H3,(H,22,25)/t17-,18+/m1/s1. The molecular formula is C19H19N5S. The van der Waals surface area contributed by atoms with E-state index in [1.807, 2.05) is 48.9 Å². The molecule has 0 bridgehead atoms. The number of pyridine rings is 2. The lowest BCUT2D eigenvalue weighted by Crippen LogP contribution is -2.29. The summed E-state index contributed by atoms with van der Waals surface area (Å²) in [6, 6.07) is 14.4. The first kappa shape index (κ1) is 15.8. The van der Waals surface area contributed by atoms with Crippen LogP contribution in [-0.4, -0.2) is 24.5 Å². The van der Waals surface area contributed by atoms with Gasteiger partial charge < -0.3 is 14.8 Å². The first-order chi connectivity index (χ1) is 12.2. The molecule has 0 saturated carbocycles. The topological polar surface area (TPSA) is 46.0 Å². The van der Waals surface area contributed by atoms with Crippen molar-refractivity contribution < 1.29 is 0 Å². The van der Waals surface area contributed by atoms with Gasteiger partial charge in [-0.15, -0.1) is 0 Å². The SMILES string of the molecule is Cn1cccc1[C@H]1[C@@H](c2ccccn2)NC(=S)N1Cc1ccncc1. The minimum absolute atomic E-state index is 0.0177. The second-order valence-corrected chi connectivity index (χ2v) is 6.54. The maximum Gasteiger partial charge on any atom is 0.170 e. The average molecular weight is 349 g/mol. The Morgan fingerprint density at radius 1 is 1.08 bits per heavy atom. The van der Waals surface area contributed by atoms with Crippen molar-refractivity contribution in [1.82, 2.24) is 24.8 Å². The summed E-state index contributed by atoms with van der Waals surface area (Å²) in [4.78, 5) is 10.9. The van der Waals surface area contributed by atoms with E-state index in [0.29, 0.717) is 0 Å². The zero-order valence-corrected chi connectivity index (χ0v) is 14.7. The predicted molar refractivity (Wildman–Crippen MR) is 101 cm³/mol. The highest BCUT2D eigenvalue weighted by Gasteiger charge is 2.40. The molecule has 4 heterocycles. The predicted octanol–water partition coefficient (Wildman–Crippen LogP) is 2.99. The minimum atomic E-state index is 0.0177. The van der Waals surface area contributed by atoms with Gasteiger partial charge in [-0.2, -0.15) is 0 Å². The number of hydrogen-bond donors (Lipinski definition) is 1. The summed E-state index contributed by atoms with van der Waals surface area (Å²) < 4.78 is 2.15. The molecular weight excluding hydrogens is 330 g/mol. The molecule has 0 amide bonds. The highest BCUT2D eigenvalue weighted by atomic mass is 32.1. The van der Waals surface area contributed by atoms with Gasteiger partial charge in [0.2, 0.25) is 0 Å². The molecule has 1 fully saturated rings. The molecule has 126 valence electrons. The molecule has 1 aliphatic heterocycles. The van der Waals surface area contributed by atoms with Gasteiger partial charge >= 0.3 is 0 Å². The summed E-state index contributed by atoms with van der Waals surface area (Å²) in [5.74, 6) is 0. The molecule has 1 saturated heterocycles. The van der Waals surface area contributed by atoms with E-state index in [2.05, 4.69) is 50.1 Å². The van der Waals surface area contributed by atoms with Crippen LogP contribution >= 0.6 is 12.2 Å². The van der Waals surface area contributed by atoms with E-state index in [4.69, 9.17) is 12.2 Å². The van der Waals surface area contributed by atoms with Gasteiger partial charge in [-0.1, -0.05) is 6.07 Å². The Kier molecular flexibility index (Phi) is 4.19. The lowest BCUT2D eigenvalue weighted by Gasteiger charge is -2.28. The van der Waals surface area contributed by atoms with Gasteiger partial charge in [-0.05, 0) is 54.2 Å². The highest BCUT2D eigenvalue weighted by Crippen LogP contribution is 2.39. The Hall–Kier alpha value is -2.73. The van der Waals surface area contributed by atoms with Crippen LogP contribution in [0.25, 0.3) is 0 Å². The smallest absolute Gasteiger partial charge is 0.170 e. The number of rotatable bonds is 4. The summed E-state index contributed by atoms with van der Waals surface area (Å²) in [7, 11) is 2.07. The first-order valence-corrected chi connectivity index (χ1v) is 8.63. The zero-order valence-electron chi connectivity index (χ0n) is 13.9. The van der Waals surface area contributed by atoms with Crippen molar-refractivity contribution >= 4 is 17.3 Å². The summed E-state index contributed by atoms with van der Waals surface area (Å²) >= 11 is 5.67.